The van der Waals surface area contributed by atoms with Crippen molar-refractivity contribution in [2.24, 2.45) is 0 Å². The highest BCUT2D eigenvalue weighted by atomic mass is 28.6. The summed E-state index contributed by atoms with van der Waals surface area (Å²) in [6, 6.07) is 11.1. The van der Waals surface area contributed by atoms with Gasteiger partial charge in [-0.2, -0.15) is 0 Å². The largest absolute Gasteiger partial charge is 0.432 e. The Morgan fingerprint density at radius 2 is 0.329 bits per heavy atom. The molecule has 36 heteroatoms. The first-order valence-corrected chi connectivity index (χ1v) is 82.5. The average Bonchev–Trinajstić information content (AvgIpc) is 3.09. The third kappa shape index (κ3) is 25.7. The molecule has 17 nitrogen and oxygen atoms in total. The third-order valence-electron chi connectivity index (χ3n) is 14.9. The summed E-state index contributed by atoms with van der Waals surface area (Å²) in [5.41, 5.74) is 0. The summed E-state index contributed by atoms with van der Waals surface area (Å²) in [6.45, 7) is 67.9. The van der Waals surface area contributed by atoms with Crippen molar-refractivity contribution < 1.29 is 70.6 Å². The lowest BCUT2D eigenvalue weighted by atomic mass is 10.9. The number of hydrogen-bond donors (Lipinski definition) is 1. The van der Waals surface area contributed by atoms with Gasteiger partial charge in [0.15, 0.2) is 8.32 Å². The van der Waals surface area contributed by atoms with Crippen molar-refractivity contribution >= 4 is 161 Å². The van der Waals surface area contributed by atoms with Gasteiger partial charge < -0.3 is 70.6 Å². The first-order chi connectivity index (χ1) is 34.6. The molecule has 4 aliphatic heterocycles. The third-order valence-corrected chi connectivity index (χ3v) is 94.9. The highest BCUT2D eigenvalue weighted by molar-refractivity contribution is 6.98. The molecule has 0 bridgehead atoms. The molecule has 79 heavy (non-hydrogen) atoms. The second kappa shape index (κ2) is 24.9. The molecule has 0 amide bonds. The van der Waals surface area contributed by atoms with E-state index in [4.69, 9.17) is 65.8 Å². The maximum atomic E-state index is 13.1. The molecule has 0 spiro atoms. The molecule has 1 N–H and O–H groups in total. The van der Waals surface area contributed by atoms with E-state index in [1.165, 1.54) is 0 Å². The molecule has 0 unspecified atom stereocenters. The van der Waals surface area contributed by atoms with Gasteiger partial charge in [0.1, 0.15) is 0 Å². The number of rotatable bonds is 18. The van der Waals surface area contributed by atoms with Crippen LogP contribution in [0.15, 0.2) is 0 Å². The van der Waals surface area contributed by atoms with Crippen LogP contribution in [-0.4, -0.2) is 166 Å². The topological polar surface area (TPSA) is 168 Å². The van der Waals surface area contributed by atoms with Gasteiger partial charge in [-0.15, -0.1) is 0 Å². The Bertz CT molecular complexity index is 1730. The van der Waals surface area contributed by atoms with Gasteiger partial charge in [-0.05, 0) is 226 Å². The Morgan fingerprint density at radius 3 is 0.468 bits per heavy atom. The monoisotopic (exact) mass is 1440 g/mol. The van der Waals surface area contributed by atoms with Gasteiger partial charge in [-0.1, -0.05) is 49.4 Å². The van der Waals surface area contributed by atoms with E-state index in [0.29, 0.717) is 0 Å². The van der Waals surface area contributed by atoms with Crippen LogP contribution in [0, 0.1) is 0 Å². The van der Waals surface area contributed by atoms with Gasteiger partial charge in [0.05, 0.1) is 16.1 Å². The SMILES string of the molecule is C[Si](O)(CC[Si](C)(CC[Si]1(C)O[Si](C)(C)O[Si](C)(C)O[Si](C)(C)O1)CC[Si]1(C)O[Si](C)(C)O[Si](C)(C)O[Si](C)(C)O1)CC[Si](C)(CC[Si]1(C)O[Si](C)(C)O[Si](C)(C)O[Si](C)(C)O1)CC[Si]1(C)O[Si](C)(C)O[Si](C)(C)O[Si](C)(C)O1. The van der Waals surface area contributed by atoms with Crippen molar-refractivity contribution in [3.63, 3.8) is 0 Å². The van der Waals surface area contributed by atoms with Crippen molar-refractivity contribution in [3.8, 4) is 0 Å². The highest BCUT2D eigenvalue weighted by Crippen LogP contribution is 2.44. The smallest absolute Gasteiger partial charge is 0.317 e. The molecule has 0 atom stereocenters. The van der Waals surface area contributed by atoms with E-state index < -0.39 is 161 Å². The predicted molar refractivity (Wildman–Crippen MR) is 368 cm³/mol. The molecular weight excluding hydrogens is 1320 g/mol. The molecule has 468 valence electrons. The zero-order valence-corrected chi connectivity index (χ0v) is 75.0. The first kappa shape index (κ1) is 74.9. The van der Waals surface area contributed by atoms with Crippen LogP contribution in [0.2, 0.25) is 275 Å². The van der Waals surface area contributed by atoms with Crippen molar-refractivity contribution in [1.29, 1.82) is 0 Å². The molecule has 4 aliphatic rings. The van der Waals surface area contributed by atoms with E-state index in [9.17, 15) is 4.80 Å². The summed E-state index contributed by atoms with van der Waals surface area (Å²) in [4.78, 5) is 13.1. The minimum absolute atomic E-state index is 0.832. The lowest BCUT2D eigenvalue weighted by molar-refractivity contribution is 0.232. The summed E-state index contributed by atoms with van der Waals surface area (Å²) < 4.78 is 112. The normalized spacial score (nSPS) is 29.2. The first-order valence-electron chi connectivity index (χ1n) is 29.5. The summed E-state index contributed by atoms with van der Waals surface area (Å²) >= 11 is 0. The van der Waals surface area contributed by atoms with Crippen LogP contribution >= 0.6 is 0 Å². The maximum Gasteiger partial charge on any atom is 0.317 e. The number of hydrogen-bond acceptors (Lipinski definition) is 17. The molecule has 0 saturated carbocycles. The van der Waals surface area contributed by atoms with Crippen molar-refractivity contribution in [2.75, 3.05) is 0 Å². The molecule has 4 fully saturated rings. The molecule has 0 radical (unpaired) electrons. The summed E-state index contributed by atoms with van der Waals surface area (Å²) in [5, 5.41) is 0. The van der Waals surface area contributed by atoms with Crippen LogP contribution in [-0.2, 0) is 65.8 Å². The lowest BCUT2D eigenvalue weighted by Crippen LogP contribution is -2.65. The van der Waals surface area contributed by atoms with Crippen molar-refractivity contribution in [1.82, 2.24) is 0 Å². The Hall–Kier alpha value is 3.44. The fourth-order valence-electron chi connectivity index (χ4n) is 13.8. The van der Waals surface area contributed by atoms with E-state index in [2.05, 4.69) is 203 Å². The van der Waals surface area contributed by atoms with Crippen LogP contribution in [0.25, 0.3) is 0 Å². The molecule has 4 saturated heterocycles. The summed E-state index contributed by atoms with van der Waals surface area (Å²) in [7, 11) is -49.0. The Morgan fingerprint density at radius 1 is 0.203 bits per heavy atom. The van der Waals surface area contributed by atoms with Gasteiger partial charge in [0.2, 0.25) is 0 Å². The molecule has 4 rings (SSSR count). The Balaban J connectivity index is 1.70. The minimum atomic E-state index is -2.80. The minimum Gasteiger partial charge on any atom is -0.432 e. The standard InChI is InChI=1S/C43H118O17Si19/c1-61(2)45-65(9,10)53-76(28,54-66(11,12)46-61)40-34-73(25,35-41-77(29)55-67(13,14)47-62(3,4)48-68(15,16)56-77)32-38-75(27,44)39-33-74(26,36-42-78(30)57-69(17,18)49-63(5,6)50-70(19,20)58-78)37-43-79(31)59-71(21,22)51-64(7,8)52-72(23,24)60-79/h44H,32-43H2,1-31H3. The highest BCUT2D eigenvalue weighted by Gasteiger charge is 2.58. The second-order valence-corrected chi connectivity index (χ2v) is 103. The fraction of sp³-hybridized carbons (Fsp3) is 1.00. The molecule has 0 aliphatic carbocycles. The zero-order valence-electron chi connectivity index (χ0n) is 56.0. The van der Waals surface area contributed by atoms with E-state index in [1.54, 1.807) is 0 Å². The van der Waals surface area contributed by atoms with Crippen LogP contribution in [0.5, 0.6) is 0 Å². The van der Waals surface area contributed by atoms with Crippen LogP contribution < -0.4 is 0 Å². The zero-order chi connectivity index (χ0) is 61.3. The Labute approximate surface area is 503 Å². The summed E-state index contributed by atoms with van der Waals surface area (Å²) in [5.74, 6) is 0. The van der Waals surface area contributed by atoms with Crippen LogP contribution in [0.1, 0.15) is 0 Å². The van der Waals surface area contributed by atoms with Gasteiger partial charge in [-0.25, -0.2) is 0 Å². The fourth-order valence-corrected chi connectivity index (χ4v) is 125. The predicted octanol–water partition coefficient (Wildman–Crippen LogP) is 14.7. The van der Waals surface area contributed by atoms with E-state index >= 15 is 0 Å². The van der Waals surface area contributed by atoms with Crippen molar-refractivity contribution in [2.45, 2.75) is 275 Å². The van der Waals surface area contributed by atoms with Crippen molar-refractivity contribution in [3.05, 3.63) is 0 Å². The van der Waals surface area contributed by atoms with E-state index in [-0.39, 0.29) is 0 Å². The van der Waals surface area contributed by atoms with Crippen LogP contribution in [0.3, 0.4) is 0 Å². The lowest BCUT2D eigenvalue weighted by Gasteiger charge is -2.49. The van der Waals surface area contributed by atoms with E-state index in [0.717, 1.165) is 72.5 Å². The quantitative estimate of drug-likeness (QED) is 0.129. The molecule has 0 aromatic heterocycles. The van der Waals surface area contributed by atoms with E-state index in [1.807, 2.05) is 0 Å². The van der Waals surface area contributed by atoms with Crippen LogP contribution in [0.4, 0.5) is 0 Å². The van der Waals surface area contributed by atoms with Gasteiger partial charge in [-0.3, -0.25) is 0 Å². The molecular formula is C43H118O17Si19. The van der Waals surface area contributed by atoms with Gasteiger partial charge in [0, 0.05) is 0 Å². The maximum absolute atomic E-state index is 13.1. The Kier molecular flexibility index (Phi) is 23.6. The molecule has 4 heterocycles. The van der Waals surface area contributed by atoms with Gasteiger partial charge >= 0.3 is 137 Å². The average molecular weight is 1440 g/mol. The summed E-state index contributed by atoms with van der Waals surface area (Å²) in [6.07, 6.45) is 0. The second-order valence-electron chi connectivity index (χ2n) is 31.1. The van der Waals surface area contributed by atoms with Gasteiger partial charge in [0.25, 0.3) is 0 Å². The molecule has 0 aromatic carbocycles. The molecule has 0 aromatic rings.